The summed E-state index contributed by atoms with van der Waals surface area (Å²) in [4.78, 5) is 11.6. The molecular formula is C19H25N3O. The summed E-state index contributed by atoms with van der Waals surface area (Å²) < 4.78 is 5.33. The van der Waals surface area contributed by atoms with E-state index in [9.17, 15) is 0 Å². The molecule has 1 aliphatic heterocycles. The zero-order chi connectivity index (χ0) is 16.2. The summed E-state index contributed by atoms with van der Waals surface area (Å²) in [5.41, 5.74) is 1.77. The third kappa shape index (κ3) is 2.44. The molecule has 2 fully saturated rings. The Morgan fingerprint density at radius 2 is 2.00 bits per heavy atom. The highest BCUT2D eigenvalue weighted by atomic mass is 16.5. The molecule has 1 aromatic heterocycles. The van der Waals surface area contributed by atoms with Crippen LogP contribution in [0.25, 0.3) is 10.9 Å². The van der Waals surface area contributed by atoms with Gasteiger partial charge in [0.15, 0.2) is 0 Å². The molecule has 2 unspecified atom stereocenters. The molecule has 23 heavy (non-hydrogen) atoms. The monoisotopic (exact) mass is 311 g/mol. The van der Waals surface area contributed by atoms with Crippen molar-refractivity contribution in [3.05, 3.63) is 24.5 Å². The predicted octanol–water partition coefficient (Wildman–Crippen LogP) is 4.04. The fourth-order valence-corrected chi connectivity index (χ4v) is 5.09. The third-order valence-corrected chi connectivity index (χ3v) is 5.51. The van der Waals surface area contributed by atoms with Crippen LogP contribution in [0.15, 0.2) is 24.5 Å². The lowest BCUT2D eigenvalue weighted by molar-refractivity contribution is 0.136. The van der Waals surface area contributed by atoms with E-state index in [1.54, 1.807) is 13.4 Å². The van der Waals surface area contributed by atoms with Crippen molar-refractivity contribution in [1.29, 1.82) is 0 Å². The molecule has 2 bridgehead atoms. The van der Waals surface area contributed by atoms with Crippen molar-refractivity contribution < 1.29 is 4.74 Å². The van der Waals surface area contributed by atoms with E-state index in [-0.39, 0.29) is 0 Å². The van der Waals surface area contributed by atoms with Gasteiger partial charge in [0.05, 0.1) is 12.6 Å². The quantitative estimate of drug-likeness (QED) is 0.839. The first-order chi connectivity index (χ1) is 10.9. The second-order valence-electron chi connectivity index (χ2n) is 8.42. The zero-order valence-electron chi connectivity index (χ0n) is 14.5. The summed E-state index contributed by atoms with van der Waals surface area (Å²) in [6.07, 6.45) is 5.50. The first kappa shape index (κ1) is 14.7. The molecule has 2 aliphatic rings. The Hall–Kier alpha value is -1.84. The number of rotatable bonds is 2. The van der Waals surface area contributed by atoms with E-state index in [2.05, 4.69) is 41.7 Å². The summed E-state index contributed by atoms with van der Waals surface area (Å²) in [7, 11) is 1.69. The van der Waals surface area contributed by atoms with Crippen molar-refractivity contribution in [3.8, 4) is 5.75 Å². The van der Waals surface area contributed by atoms with Gasteiger partial charge >= 0.3 is 0 Å². The van der Waals surface area contributed by atoms with Crippen molar-refractivity contribution in [3.63, 3.8) is 0 Å². The van der Waals surface area contributed by atoms with E-state index in [1.165, 1.54) is 19.3 Å². The van der Waals surface area contributed by atoms with Crippen LogP contribution in [-0.4, -0.2) is 29.7 Å². The van der Waals surface area contributed by atoms with Gasteiger partial charge in [0, 0.05) is 24.0 Å². The largest absolute Gasteiger partial charge is 0.497 e. The van der Waals surface area contributed by atoms with Gasteiger partial charge in [-0.25, -0.2) is 9.97 Å². The van der Waals surface area contributed by atoms with Gasteiger partial charge < -0.3 is 9.64 Å². The Kier molecular flexibility index (Phi) is 3.09. The second-order valence-corrected chi connectivity index (χ2v) is 8.42. The average molecular weight is 311 g/mol. The lowest BCUT2D eigenvalue weighted by Crippen LogP contribution is -2.35. The number of ether oxygens (including phenoxy) is 1. The summed E-state index contributed by atoms with van der Waals surface area (Å²) in [6, 6.07) is 6.68. The van der Waals surface area contributed by atoms with Crippen LogP contribution in [0.4, 0.5) is 5.82 Å². The Morgan fingerprint density at radius 3 is 2.78 bits per heavy atom. The molecule has 122 valence electrons. The summed E-state index contributed by atoms with van der Waals surface area (Å²) in [6.45, 7) is 8.35. The molecule has 4 rings (SSSR count). The average Bonchev–Trinajstić information content (AvgIpc) is 2.75. The predicted molar refractivity (Wildman–Crippen MR) is 93.0 cm³/mol. The topological polar surface area (TPSA) is 38.2 Å². The first-order valence-electron chi connectivity index (χ1n) is 8.45. The number of hydrogen-bond donors (Lipinski definition) is 0. The molecule has 1 saturated heterocycles. The molecular weight excluding hydrogens is 286 g/mol. The zero-order valence-corrected chi connectivity index (χ0v) is 14.5. The van der Waals surface area contributed by atoms with Gasteiger partial charge in [-0.15, -0.1) is 0 Å². The smallest absolute Gasteiger partial charge is 0.140 e. The van der Waals surface area contributed by atoms with Crippen molar-refractivity contribution in [2.45, 2.75) is 46.1 Å². The highest BCUT2D eigenvalue weighted by Crippen LogP contribution is 2.53. The van der Waals surface area contributed by atoms with E-state index < -0.39 is 0 Å². The first-order valence-corrected chi connectivity index (χ1v) is 8.45. The van der Waals surface area contributed by atoms with Crippen molar-refractivity contribution in [2.24, 2.45) is 10.8 Å². The number of fused-ring (bicyclic) bond motifs is 3. The minimum Gasteiger partial charge on any atom is -0.497 e. The minimum absolute atomic E-state index is 0.399. The van der Waals surface area contributed by atoms with Crippen LogP contribution in [0.5, 0.6) is 5.75 Å². The van der Waals surface area contributed by atoms with Gasteiger partial charge in [0.1, 0.15) is 17.9 Å². The molecule has 4 nitrogen and oxygen atoms in total. The van der Waals surface area contributed by atoms with Gasteiger partial charge in [-0.1, -0.05) is 20.8 Å². The molecule has 1 aromatic carbocycles. The van der Waals surface area contributed by atoms with Crippen molar-refractivity contribution in [2.75, 3.05) is 18.6 Å². The van der Waals surface area contributed by atoms with Crippen molar-refractivity contribution >= 4 is 16.7 Å². The molecule has 2 aromatic rings. The third-order valence-electron chi connectivity index (χ3n) is 5.51. The van der Waals surface area contributed by atoms with E-state index in [0.717, 1.165) is 29.0 Å². The van der Waals surface area contributed by atoms with Crippen LogP contribution in [0.3, 0.4) is 0 Å². The van der Waals surface area contributed by atoms with Crippen LogP contribution < -0.4 is 9.64 Å². The van der Waals surface area contributed by atoms with Crippen LogP contribution in [-0.2, 0) is 0 Å². The molecule has 4 heteroatoms. The number of anilines is 1. The Labute approximate surface area is 137 Å². The lowest BCUT2D eigenvalue weighted by Gasteiger charge is -2.39. The highest BCUT2D eigenvalue weighted by molar-refractivity contribution is 5.90. The van der Waals surface area contributed by atoms with Crippen LogP contribution in [0.1, 0.15) is 40.0 Å². The second kappa shape index (κ2) is 4.83. The van der Waals surface area contributed by atoms with E-state index in [1.807, 2.05) is 12.1 Å². The van der Waals surface area contributed by atoms with Crippen molar-refractivity contribution in [1.82, 2.24) is 9.97 Å². The standard InChI is InChI=1S/C19H25N3O/c1-18(2)8-13-9-19(3,10-18)11-22(13)17-15-6-5-14(23-4)7-16(15)20-12-21-17/h5-7,12-13H,8-11H2,1-4H3. The number of nitrogens with zero attached hydrogens (tertiary/aromatic N) is 3. The fraction of sp³-hybridized carbons (Fsp3) is 0.579. The highest BCUT2D eigenvalue weighted by Gasteiger charge is 2.50. The maximum Gasteiger partial charge on any atom is 0.140 e. The van der Waals surface area contributed by atoms with Gasteiger partial charge in [-0.05, 0) is 42.2 Å². The summed E-state index contributed by atoms with van der Waals surface area (Å²) >= 11 is 0. The van der Waals surface area contributed by atoms with Gasteiger partial charge in [-0.2, -0.15) is 0 Å². The number of aromatic nitrogens is 2. The molecule has 1 saturated carbocycles. The molecule has 1 aliphatic carbocycles. The molecule has 0 spiro atoms. The normalized spacial score (nSPS) is 29.0. The maximum absolute atomic E-state index is 5.33. The summed E-state index contributed by atoms with van der Waals surface area (Å²) in [5, 5.41) is 1.13. The van der Waals surface area contributed by atoms with E-state index >= 15 is 0 Å². The van der Waals surface area contributed by atoms with Crippen LogP contribution in [0.2, 0.25) is 0 Å². The van der Waals surface area contributed by atoms with Gasteiger partial charge in [-0.3, -0.25) is 0 Å². The minimum atomic E-state index is 0.399. The Balaban J connectivity index is 1.78. The van der Waals surface area contributed by atoms with Gasteiger partial charge in [0.25, 0.3) is 0 Å². The van der Waals surface area contributed by atoms with Crippen LogP contribution in [0, 0.1) is 10.8 Å². The Morgan fingerprint density at radius 1 is 1.17 bits per heavy atom. The fourth-order valence-electron chi connectivity index (χ4n) is 5.09. The summed E-state index contributed by atoms with van der Waals surface area (Å²) in [5.74, 6) is 1.93. The maximum atomic E-state index is 5.33. The molecule has 2 heterocycles. The Bertz CT molecular complexity index is 757. The van der Waals surface area contributed by atoms with E-state index in [4.69, 9.17) is 4.74 Å². The molecule has 0 radical (unpaired) electrons. The SMILES string of the molecule is COc1ccc2c(N3CC4(C)CC3CC(C)(C)C4)ncnc2c1. The van der Waals surface area contributed by atoms with Gasteiger partial charge in [0.2, 0.25) is 0 Å². The number of hydrogen-bond acceptors (Lipinski definition) is 4. The molecule has 2 atom stereocenters. The van der Waals surface area contributed by atoms with Crippen LogP contribution >= 0.6 is 0 Å². The number of benzene rings is 1. The molecule has 0 N–H and O–H groups in total. The van der Waals surface area contributed by atoms with E-state index in [0.29, 0.717) is 16.9 Å². The number of methoxy groups -OCH3 is 1. The lowest BCUT2D eigenvalue weighted by atomic mass is 9.65. The molecule has 0 amide bonds.